The number of nitrogens with zero attached hydrogens (tertiary/aromatic N) is 5. The number of fused-ring (bicyclic) bond motifs is 6. The number of amidine groups is 1. The zero-order chi connectivity index (χ0) is 26.0. The predicted octanol–water partition coefficient (Wildman–Crippen LogP) is 5.13. The van der Waals surface area contributed by atoms with Crippen molar-refractivity contribution in [1.29, 1.82) is 0 Å². The maximum atomic E-state index is 15.6. The normalized spacial score (nSPS) is 16.9. The number of aromatic nitrogens is 4. The monoisotopic (exact) mass is 508 g/mol. The van der Waals surface area contributed by atoms with Crippen LogP contribution in [0.2, 0.25) is 0 Å². The Kier molecular flexibility index (Phi) is 4.62. The van der Waals surface area contributed by atoms with Crippen molar-refractivity contribution < 1.29 is 17.9 Å². The molecule has 38 heavy (non-hydrogen) atoms. The fraction of sp³-hybridized carbons (Fsp3) is 0.0357. The Hall–Kier alpha value is -5.12. The standard InChI is InChI=1S/C28H15F3N6O/c29-22-12-15(7-10-33-22)20-13-19-23(26(31)36-20)38-21-6-5-14(16-3-1-9-35-25(16)30)11-18(21)28(19)24-17(27(32)37-28)4-2-8-34-24/h1-13H,(H2,32,37). The van der Waals surface area contributed by atoms with E-state index in [1.807, 2.05) is 0 Å². The van der Waals surface area contributed by atoms with Crippen LogP contribution in [0.15, 0.2) is 84.2 Å². The molecule has 2 aliphatic rings. The Morgan fingerprint density at radius 3 is 2.37 bits per heavy atom. The van der Waals surface area contributed by atoms with Crippen molar-refractivity contribution in [2.75, 3.05) is 0 Å². The summed E-state index contributed by atoms with van der Waals surface area (Å²) in [5.74, 6) is -1.99. The highest BCUT2D eigenvalue weighted by atomic mass is 19.1. The van der Waals surface area contributed by atoms with Crippen molar-refractivity contribution in [1.82, 2.24) is 19.9 Å². The molecule has 0 amide bonds. The summed E-state index contributed by atoms with van der Waals surface area (Å²) < 4.78 is 50.2. The minimum Gasteiger partial charge on any atom is -0.452 e. The minimum absolute atomic E-state index is 0.140. The fourth-order valence-corrected chi connectivity index (χ4v) is 5.07. The molecule has 0 radical (unpaired) electrons. The molecule has 0 aliphatic carbocycles. The van der Waals surface area contributed by atoms with Crippen molar-refractivity contribution in [2.45, 2.75) is 5.54 Å². The van der Waals surface area contributed by atoms with Crippen molar-refractivity contribution >= 4 is 5.84 Å². The average Bonchev–Trinajstić information content (AvgIpc) is 3.22. The van der Waals surface area contributed by atoms with E-state index in [1.54, 1.807) is 54.7 Å². The summed E-state index contributed by atoms with van der Waals surface area (Å²) in [6, 6.07) is 15.9. The fourth-order valence-electron chi connectivity index (χ4n) is 5.07. The number of hydrogen-bond donors (Lipinski definition) is 1. The van der Waals surface area contributed by atoms with Gasteiger partial charge in [0.2, 0.25) is 11.9 Å². The van der Waals surface area contributed by atoms with Gasteiger partial charge in [-0.25, -0.2) is 19.9 Å². The van der Waals surface area contributed by atoms with Gasteiger partial charge in [-0.3, -0.25) is 4.98 Å². The van der Waals surface area contributed by atoms with Gasteiger partial charge in [0, 0.05) is 52.5 Å². The molecule has 1 aromatic carbocycles. The molecule has 1 unspecified atom stereocenters. The summed E-state index contributed by atoms with van der Waals surface area (Å²) in [6.45, 7) is 0. The van der Waals surface area contributed by atoms with Crippen LogP contribution in [0.4, 0.5) is 13.2 Å². The zero-order valence-electron chi connectivity index (χ0n) is 19.4. The molecule has 1 spiro atoms. The van der Waals surface area contributed by atoms with Crippen LogP contribution in [0.3, 0.4) is 0 Å². The zero-order valence-corrected chi connectivity index (χ0v) is 19.4. The Bertz CT molecular complexity index is 1830. The molecule has 2 aliphatic heterocycles. The van der Waals surface area contributed by atoms with E-state index in [4.69, 9.17) is 15.5 Å². The second-order valence-corrected chi connectivity index (χ2v) is 8.80. The number of aliphatic imine (C=N–C) groups is 1. The first-order chi connectivity index (χ1) is 18.5. The summed E-state index contributed by atoms with van der Waals surface area (Å²) in [4.78, 5) is 20.8. The van der Waals surface area contributed by atoms with Gasteiger partial charge in [0.15, 0.2) is 11.3 Å². The van der Waals surface area contributed by atoms with E-state index < -0.39 is 23.4 Å². The molecular weight excluding hydrogens is 493 g/mol. The first-order valence-electron chi connectivity index (χ1n) is 11.5. The predicted molar refractivity (Wildman–Crippen MR) is 132 cm³/mol. The largest absolute Gasteiger partial charge is 0.452 e. The highest BCUT2D eigenvalue weighted by Crippen LogP contribution is 2.56. The number of nitrogens with two attached hydrogens (primary N) is 1. The lowest BCUT2D eigenvalue weighted by Gasteiger charge is -2.35. The van der Waals surface area contributed by atoms with Gasteiger partial charge in [-0.05, 0) is 54.1 Å². The molecule has 0 bridgehead atoms. The van der Waals surface area contributed by atoms with Gasteiger partial charge < -0.3 is 10.5 Å². The molecule has 0 saturated heterocycles. The van der Waals surface area contributed by atoms with Crippen LogP contribution in [0.5, 0.6) is 11.5 Å². The summed E-state index contributed by atoms with van der Waals surface area (Å²) in [6.07, 6.45) is 4.22. The molecule has 7 nitrogen and oxygen atoms in total. The van der Waals surface area contributed by atoms with Crippen LogP contribution in [-0.2, 0) is 5.54 Å². The van der Waals surface area contributed by atoms with Crippen molar-refractivity contribution in [3.05, 3.63) is 119 Å². The van der Waals surface area contributed by atoms with Crippen LogP contribution in [0.25, 0.3) is 22.4 Å². The summed E-state index contributed by atoms with van der Waals surface area (Å²) in [7, 11) is 0. The van der Waals surface area contributed by atoms with Crippen LogP contribution in [-0.4, -0.2) is 25.8 Å². The topological polar surface area (TPSA) is 99.2 Å². The lowest BCUT2D eigenvalue weighted by Crippen LogP contribution is -2.31. The maximum Gasteiger partial charge on any atom is 0.256 e. The van der Waals surface area contributed by atoms with Crippen LogP contribution >= 0.6 is 0 Å². The number of halogens is 3. The number of ether oxygens (including phenoxy) is 1. The maximum absolute atomic E-state index is 15.6. The molecule has 5 aromatic rings. The van der Waals surface area contributed by atoms with Crippen LogP contribution in [0.1, 0.15) is 22.4 Å². The van der Waals surface area contributed by atoms with Gasteiger partial charge in [0.25, 0.3) is 5.95 Å². The van der Waals surface area contributed by atoms with E-state index in [-0.39, 0.29) is 34.2 Å². The summed E-state index contributed by atoms with van der Waals surface area (Å²) in [5, 5.41) is 0. The molecule has 0 saturated carbocycles. The van der Waals surface area contributed by atoms with E-state index in [2.05, 4.69) is 19.9 Å². The SMILES string of the molecule is NC1=NC2(c3cc(-c4cccnc4F)ccc3Oc3c2cc(-c2ccnc(F)c2)nc3F)c2ncccc21. The van der Waals surface area contributed by atoms with Gasteiger partial charge in [-0.1, -0.05) is 6.07 Å². The molecule has 0 fully saturated rings. The molecule has 4 aromatic heterocycles. The second kappa shape index (κ2) is 7.94. The van der Waals surface area contributed by atoms with Crippen LogP contribution in [0, 0.1) is 17.8 Å². The Balaban J connectivity index is 1.56. The second-order valence-electron chi connectivity index (χ2n) is 8.80. The van der Waals surface area contributed by atoms with E-state index in [1.165, 1.54) is 18.5 Å². The summed E-state index contributed by atoms with van der Waals surface area (Å²) >= 11 is 0. The summed E-state index contributed by atoms with van der Waals surface area (Å²) in [5.41, 5.74) is 7.92. The van der Waals surface area contributed by atoms with Crippen LogP contribution < -0.4 is 10.5 Å². The highest BCUT2D eigenvalue weighted by molar-refractivity contribution is 6.03. The average molecular weight is 508 g/mol. The molecule has 1 atom stereocenters. The van der Waals surface area contributed by atoms with Gasteiger partial charge in [0.1, 0.15) is 11.6 Å². The third-order valence-electron chi connectivity index (χ3n) is 6.71. The Morgan fingerprint density at radius 2 is 1.55 bits per heavy atom. The van der Waals surface area contributed by atoms with E-state index in [0.717, 1.165) is 6.07 Å². The lowest BCUT2D eigenvalue weighted by molar-refractivity contribution is 0.384. The van der Waals surface area contributed by atoms with E-state index in [0.29, 0.717) is 27.9 Å². The minimum atomic E-state index is -1.44. The van der Waals surface area contributed by atoms with Crippen molar-refractivity contribution in [2.24, 2.45) is 10.7 Å². The number of benzene rings is 1. The van der Waals surface area contributed by atoms with E-state index >= 15 is 4.39 Å². The smallest absolute Gasteiger partial charge is 0.256 e. The lowest BCUT2D eigenvalue weighted by atomic mass is 9.77. The third kappa shape index (κ3) is 3.06. The first-order valence-corrected chi connectivity index (χ1v) is 11.5. The van der Waals surface area contributed by atoms with Crippen molar-refractivity contribution in [3.63, 3.8) is 0 Å². The molecular formula is C28H15F3N6O. The quantitative estimate of drug-likeness (QED) is 0.332. The van der Waals surface area contributed by atoms with E-state index in [9.17, 15) is 8.78 Å². The van der Waals surface area contributed by atoms with Crippen molar-refractivity contribution in [3.8, 4) is 33.9 Å². The number of rotatable bonds is 2. The van der Waals surface area contributed by atoms with Gasteiger partial charge >= 0.3 is 0 Å². The van der Waals surface area contributed by atoms with Gasteiger partial charge in [-0.15, -0.1) is 0 Å². The number of pyridine rings is 4. The van der Waals surface area contributed by atoms with Gasteiger partial charge in [0.05, 0.1) is 11.4 Å². The Morgan fingerprint density at radius 1 is 0.737 bits per heavy atom. The Labute approximate surface area is 213 Å². The molecule has 10 heteroatoms. The van der Waals surface area contributed by atoms with Gasteiger partial charge in [-0.2, -0.15) is 13.2 Å². The molecule has 7 rings (SSSR count). The molecule has 6 heterocycles. The molecule has 184 valence electrons. The number of hydrogen-bond acceptors (Lipinski definition) is 7. The first kappa shape index (κ1) is 22.1. The third-order valence-corrected chi connectivity index (χ3v) is 6.71. The highest BCUT2D eigenvalue weighted by Gasteiger charge is 2.51. The molecule has 2 N–H and O–H groups in total.